The van der Waals surface area contributed by atoms with E-state index in [-0.39, 0.29) is 24.4 Å². The van der Waals surface area contributed by atoms with Gasteiger partial charge in [0.2, 0.25) is 11.8 Å². The molecule has 1 saturated carbocycles. The van der Waals surface area contributed by atoms with E-state index in [2.05, 4.69) is 5.32 Å². The van der Waals surface area contributed by atoms with E-state index in [0.29, 0.717) is 24.5 Å². The van der Waals surface area contributed by atoms with Crippen LogP contribution < -0.4 is 14.8 Å². The molecule has 0 radical (unpaired) electrons. The zero-order chi connectivity index (χ0) is 18.2. The SMILES string of the molecule is COc1ccc(CCNC(=O)CN(C(C)=O)C2CCCC2)cc1OC. The molecular weight excluding hydrogens is 320 g/mol. The zero-order valence-corrected chi connectivity index (χ0v) is 15.3. The van der Waals surface area contributed by atoms with Crippen molar-refractivity contribution in [3.05, 3.63) is 23.8 Å². The molecule has 6 nitrogen and oxygen atoms in total. The van der Waals surface area contributed by atoms with Gasteiger partial charge in [-0.25, -0.2) is 0 Å². The number of rotatable bonds is 8. The molecular formula is C19H28N2O4. The predicted molar refractivity (Wildman–Crippen MR) is 95.9 cm³/mol. The number of carbonyl (C=O) groups is 2. The summed E-state index contributed by atoms with van der Waals surface area (Å²) in [6, 6.07) is 5.93. The van der Waals surface area contributed by atoms with Crippen molar-refractivity contribution in [2.75, 3.05) is 27.3 Å². The molecule has 0 bridgehead atoms. The van der Waals surface area contributed by atoms with Crippen LogP contribution in [0.5, 0.6) is 11.5 Å². The Morgan fingerprint density at radius 1 is 1.16 bits per heavy atom. The van der Waals surface area contributed by atoms with Crippen LogP contribution in [0.25, 0.3) is 0 Å². The van der Waals surface area contributed by atoms with Crippen LogP contribution in [-0.4, -0.2) is 50.1 Å². The average molecular weight is 348 g/mol. The summed E-state index contributed by atoms with van der Waals surface area (Å²) < 4.78 is 10.5. The van der Waals surface area contributed by atoms with Gasteiger partial charge in [0.1, 0.15) is 0 Å². The topological polar surface area (TPSA) is 67.9 Å². The van der Waals surface area contributed by atoms with Crippen LogP contribution in [0.2, 0.25) is 0 Å². The van der Waals surface area contributed by atoms with Crippen LogP contribution in [0, 0.1) is 0 Å². The van der Waals surface area contributed by atoms with E-state index in [1.807, 2.05) is 18.2 Å². The van der Waals surface area contributed by atoms with E-state index < -0.39 is 0 Å². The zero-order valence-electron chi connectivity index (χ0n) is 15.3. The minimum Gasteiger partial charge on any atom is -0.493 e. The Morgan fingerprint density at radius 2 is 1.84 bits per heavy atom. The maximum Gasteiger partial charge on any atom is 0.239 e. The second-order valence-corrected chi connectivity index (χ2v) is 6.37. The standard InChI is InChI=1S/C19H28N2O4/c1-14(22)21(16-6-4-5-7-16)13-19(23)20-11-10-15-8-9-17(24-2)18(12-15)25-3/h8-9,12,16H,4-7,10-11,13H2,1-3H3,(H,20,23). The Balaban J connectivity index is 1.82. The number of hydrogen-bond acceptors (Lipinski definition) is 4. The number of amides is 2. The van der Waals surface area contributed by atoms with Gasteiger partial charge in [0.25, 0.3) is 0 Å². The third-order valence-electron chi connectivity index (χ3n) is 4.67. The van der Waals surface area contributed by atoms with E-state index >= 15 is 0 Å². The van der Waals surface area contributed by atoms with Gasteiger partial charge in [-0.15, -0.1) is 0 Å². The fourth-order valence-electron chi connectivity index (χ4n) is 3.31. The molecule has 0 saturated heterocycles. The molecule has 1 aromatic carbocycles. The summed E-state index contributed by atoms with van der Waals surface area (Å²) in [4.78, 5) is 25.7. The summed E-state index contributed by atoms with van der Waals surface area (Å²) >= 11 is 0. The Hall–Kier alpha value is -2.24. The van der Waals surface area contributed by atoms with Crippen LogP contribution in [0.1, 0.15) is 38.2 Å². The Bertz CT molecular complexity index is 597. The number of benzene rings is 1. The fraction of sp³-hybridized carbons (Fsp3) is 0.579. The number of methoxy groups -OCH3 is 2. The van der Waals surface area contributed by atoms with Crippen LogP contribution >= 0.6 is 0 Å². The highest BCUT2D eigenvalue weighted by Gasteiger charge is 2.26. The molecule has 1 aromatic rings. The third-order valence-corrected chi connectivity index (χ3v) is 4.67. The van der Waals surface area contributed by atoms with Gasteiger partial charge >= 0.3 is 0 Å². The smallest absolute Gasteiger partial charge is 0.239 e. The molecule has 0 heterocycles. The molecule has 1 N–H and O–H groups in total. The highest BCUT2D eigenvalue weighted by Crippen LogP contribution is 2.27. The number of carbonyl (C=O) groups excluding carboxylic acids is 2. The minimum atomic E-state index is -0.109. The van der Waals surface area contributed by atoms with Crippen molar-refractivity contribution >= 4 is 11.8 Å². The van der Waals surface area contributed by atoms with E-state index in [9.17, 15) is 9.59 Å². The first-order valence-corrected chi connectivity index (χ1v) is 8.80. The van der Waals surface area contributed by atoms with E-state index in [4.69, 9.17) is 9.47 Å². The Kier molecular flexibility index (Phi) is 7.10. The first kappa shape index (κ1) is 19.1. The van der Waals surface area contributed by atoms with Gasteiger partial charge in [-0.2, -0.15) is 0 Å². The fourth-order valence-corrected chi connectivity index (χ4v) is 3.31. The molecule has 0 unspecified atom stereocenters. The lowest BCUT2D eigenvalue weighted by Crippen LogP contribution is -2.44. The number of ether oxygens (including phenoxy) is 2. The first-order chi connectivity index (χ1) is 12.0. The lowest BCUT2D eigenvalue weighted by Gasteiger charge is -2.27. The van der Waals surface area contributed by atoms with Gasteiger partial charge in [0, 0.05) is 19.5 Å². The van der Waals surface area contributed by atoms with Crippen LogP contribution in [0.3, 0.4) is 0 Å². The van der Waals surface area contributed by atoms with Gasteiger partial charge < -0.3 is 19.7 Å². The molecule has 1 aliphatic carbocycles. The van der Waals surface area contributed by atoms with E-state index in [1.165, 1.54) is 6.92 Å². The lowest BCUT2D eigenvalue weighted by molar-refractivity contribution is -0.136. The summed E-state index contributed by atoms with van der Waals surface area (Å²) in [5.74, 6) is 1.23. The summed E-state index contributed by atoms with van der Waals surface area (Å²) in [6.07, 6.45) is 4.96. The van der Waals surface area contributed by atoms with Crippen molar-refractivity contribution in [3.63, 3.8) is 0 Å². The first-order valence-electron chi connectivity index (χ1n) is 8.80. The van der Waals surface area contributed by atoms with Crippen molar-refractivity contribution < 1.29 is 19.1 Å². The van der Waals surface area contributed by atoms with Crippen LogP contribution in [-0.2, 0) is 16.0 Å². The van der Waals surface area contributed by atoms with Crippen molar-refractivity contribution in [1.29, 1.82) is 0 Å². The van der Waals surface area contributed by atoms with Crippen molar-refractivity contribution in [2.24, 2.45) is 0 Å². The van der Waals surface area contributed by atoms with Crippen molar-refractivity contribution in [2.45, 2.75) is 45.1 Å². The predicted octanol–water partition coefficient (Wildman–Crippen LogP) is 2.15. The van der Waals surface area contributed by atoms with Gasteiger partial charge in [-0.1, -0.05) is 18.9 Å². The molecule has 0 atom stereocenters. The normalized spacial score (nSPS) is 14.2. The van der Waals surface area contributed by atoms with E-state index in [0.717, 1.165) is 31.2 Å². The maximum atomic E-state index is 12.2. The second-order valence-electron chi connectivity index (χ2n) is 6.37. The molecule has 138 valence electrons. The van der Waals surface area contributed by atoms with E-state index in [1.54, 1.807) is 19.1 Å². The third kappa shape index (κ3) is 5.37. The summed E-state index contributed by atoms with van der Waals surface area (Å²) in [5, 5.41) is 2.90. The van der Waals surface area contributed by atoms with Gasteiger partial charge in [0.15, 0.2) is 11.5 Å². The van der Waals surface area contributed by atoms with Crippen LogP contribution in [0.15, 0.2) is 18.2 Å². The summed E-state index contributed by atoms with van der Waals surface area (Å²) in [5.41, 5.74) is 1.05. The quantitative estimate of drug-likeness (QED) is 0.782. The molecule has 6 heteroatoms. The van der Waals surface area contributed by atoms with Gasteiger partial charge in [0.05, 0.1) is 20.8 Å². The van der Waals surface area contributed by atoms with Crippen molar-refractivity contribution in [1.82, 2.24) is 10.2 Å². The average Bonchev–Trinajstić information content (AvgIpc) is 3.13. The molecule has 0 spiro atoms. The highest BCUT2D eigenvalue weighted by atomic mass is 16.5. The highest BCUT2D eigenvalue weighted by molar-refractivity contribution is 5.84. The molecule has 1 fully saturated rings. The number of nitrogens with zero attached hydrogens (tertiary/aromatic N) is 1. The lowest BCUT2D eigenvalue weighted by atomic mass is 10.1. The van der Waals surface area contributed by atoms with Gasteiger partial charge in [-0.3, -0.25) is 9.59 Å². The Labute approximate surface area is 149 Å². The molecule has 2 amide bonds. The molecule has 0 aliphatic heterocycles. The number of hydrogen-bond donors (Lipinski definition) is 1. The van der Waals surface area contributed by atoms with Crippen LogP contribution in [0.4, 0.5) is 0 Å². The summed E-state index contributed by atoms with van der Waals surface area (Å²) in [7, 11) is 3.20. The number of nitrogens with one attached hydrogen (secondary N) is 1. The monoisotopic (exact) mass is 348 g/mol. The summed E-state index contributed by atoms with van der Waals surface area (Å²) in [6.45, 7) is 2.20. The molecule has 25 heavy (non-hydrogen) atoms. The second kappa shape index (κ2) is 9.30. The molecule has 1 aliphatic rings. The molecule has 2 rings (SSSR count). The maximum absolute atomic E-state index is 12.2. The van der Waals surface area contributed by atoms with Crippen molar-refractivity contribution in [3.8, 4) is 11.5 Å². The molecule has 0 aromatic heterocycles. The minimum absolute atomic E-state index is 0.0260. The largest absolute Gasteiger partial charge is 0.493 e. The van der Waals surface area contributed by atoms with Gasteiger partial charge in [-0.05, 0) is 37.0 Å². The Morgan fingerprint density at radius 3 is 2.44 bits per heavy atom.